The quantitative estimate of drug-likeness (QED) is 0.704. The minimum absolute atomic E-state index is 0.161. The minimum atomic E-state index is 0.161. The van der Waals surface area contributed by atoms with Crippen LogP contribution in [0.25, 0.3) is 0 Å². The molecule has 1 saturated heterocycles. The lowest BCUT2D eigenvalue weighted by atomic mass is 10.2. The van der Waals surface area contributed by atoms with Gasteiger partial charge in [0, 0.05) is 51.4 Å². The zero-order chi connectivity index (χ0) is 16.8. The van der Waals surface area contributed by atoms with E-state index in [9.17, 15) is 4.79 Å². The standard InChI is InChI=1S/C14H20N8O2/c1-24-12-4-5-15-14(17-12)21-9-7-20(8-10-21)13(23)3-2-6-22-11-16-18-19-22/h4-5,11H,2-3,6-10H2,1H3. The molecule has 2 aromatic rings. The Morgan fingerprint density at radius 1 is 1.29 bits per heavy atom. The van der Waals surface area contributed by atoms with E-state index in [-0.39, 0.29) is 5.91 Å². The molecule has 0 bridgehead atoms. The molecule has 128 valence electrons. The Kier molecular flexibility index (Phi) is 5.14. The van der Waals surface area contributed by atoms with Crippen LogP contribution in [0, 0.1) is 0 Å². The van der Waals surface area contributed by atoms with E-state index in [2.05, 4.69) is 30.4 Å². The molecule has 0 aromatic carbocycles. The van der Waals surface area contributed by atoms with Crippen molar-refractivity contribution < 1.29 is 9.53 Å². The van der Waals surface area contributed by atoms with E-state index in [0.29, 0.717) is 51.0 Å². The number of piperazine rings is 1. The number of hydrogen-bond acceptors (Lipinski definition) is 8. The Morgan fingerprint density at radius 3 is 2.83 bits per heavy atom. The third-order valence-corrected chi connectivity index (χ3v) is 3.91. The number of hydrogen-bond donors (Lipinski definition) is 0. The smallest absolute Gasteiger partial charge is 0.228 e. The molecular formula is C14H20N8O2. The Labute approximate surface area is 139 Å². The number of rotatable bonds is 6. The topological polar surface area (TPSA) is 102 Å². The summed E-state index contributed by atoms with van der Waals surface area (Å²) in [7, 11) is 1.58. The number of ether oxygens (including phenoxy) is 1. The highest BCUT2D eigenvalue weighted by molar-refractivity contribution is 5.76. The monoisotopic (exact) mass is 332 g/mol. The summed E-state index contributed by atoms with van der Waals surface area (Å²) in [5.41, 5.74) is 0. The lowest BCUT2D eigenvalue weighted by molar-refractivity contribution is -0.131. The number of carbonyl (C=O) groups is 1. The number of amides is 1. The summed E-state index contributed by atoms with van der Waals surface area (Å²) in [6.07, 6.45) is 4.45. The Bertz CT molecular complexity index is 655. The highest BCUT2D eigenvalue weighted by Gasteiger charge is 2.22. The van der Waals surface area contributed by atoms with E-state index in [0.717, 1.165) is 6.42 Å². The van der Waals surface area contributed by atoms with Crippen molar-refractivity contribution in [1.82, 2.24) is 35.1 Å². The molecule has 0 radical (unpaired) electrons. The first-order chi connectivity index (χ1) is 11.8. The molecule has 3 heterocycles. The summed E-state index contributed by atoms with van der Waals surface area (Å²) in [4.78, 5) is 24.8. The zero-order valence-corrected chi connectivity index (χ0v) is 13.6. The van der Waals surface area contributed by atoms with Crippen LogP contribution in [-0.2, 0) is 11.3 Å². The number of methoxy groups -OCH3 is 1. The average Bonchev–Trinajstić information content (AvgIpc) is 3.15. The van der Waals surface area contributed by atoms with Gasteiger partial charge in [-0.05, 0) is 16.8 Å². The Hall–Kier alpha value is -2.78. The fourth-order valence-corrected chi connectivity index (χ4v) is 2.59. The molecule has 0 saturated carbocycles. The van der Waals surface area contributed by atoms with Crippen LogP contribution in [0.15, 0.2) is 18.6 Å². The van der Waals surface area contributed by atoms with Crippen LogP contribution < -0.4 is 9.64 Å². The highest BCUT2D eigenvalue weighted by atomic mass is 16.5. The lowest BCUT2D eigenvalue weighted by Crippen LogP contribution is -2.49. The third-order valence-electron chi connectivity index (χ3n) is 3.91. The second-order valence-electron chi connectivity index (χ2n) is 5.44. The van der Waals surface area contributed by atoms with Gasteiger partial charge in [-0.2, -0.15) is 4.98 Å². The summed E-state index contributed by atoms with van der Waals surface area (Å²) in [5, 5.41) is 10.9. The molecule has 24 heavy (non-hydrogen) atoms. The van der Waals surface area contributed by atoms with Crippen molar-refractivity contribution in [3.63, 3.8) is 0 Å². The maximum absolute atomic E-state index is 12.3. The van der Waals surface area contributed by atoms with Crippen LogP contribution in [0.5, 0.6) is 5.88 Å². The molecule has 2 aromatic heterocycles. The van der Waals surface area contributed by atoms with E-state index in [1.54, 1.807) is 30.4 Å². The van der Waals surface area contributed by atoms with E-state index >= 15 is 0 Å². The fraction of sp³-hybridized carbons (Fsp3) is 0.571. The first-order valence-electron chi connectivity index (χ1n) is 7.87. The molecule has 3 rings (SSSR count). The van der Waals surface area contributed by atoms with Gasteiger partial charge in [0.15, 0.2) is 0 Å². The van der Waals surface area contributed by atoms with Crippen LogP contribution in [0.3, 0.4) is 0 Å². The zero-order valence-electron chi connectivity index (χ0n) is 13.6. The normalized spacial score (nSPS) is 14.7. The summed E-state index contributed by atoms with van der Waals surface area (Å²) in [5.74, 6) is 1.34. The van der Waals surface area contributed by atoms with Crippen LogP contribution >= 0.6 is 0 Å². The summed E-state index contributed by atoms with van der Waals surface area (Å²) in [6.45, 7) is 3.42. The van der Waals surface area contributed by atoms with Gasteiger partial charge in [-0.3, -0.25) is 4.79 Å². The first kappa shape index (κ1) is 16.1. The predicted molar refractivity (Wildman–Crippen MR) is 84.4 cm³/mol. The van der Waals surface area contributed by atoms with Gasteiger partial charge in [-0.25, -0.2) is 9.67 Å². The van der Waals surface area contributed by atoms with Crippen molar-refractivity contribution in [2.45, 2.75) is 19.4 Å². The van der Waals surface area contributed by atoms with Crippen LogP contribution in [-0.4, -0.2) is 74.3 Å². The number of nitrogens with zero attached hydrogens (tertiary/aromatic N) is 8. The number of tetrazole rings is 1. The minimum Gasteiger partial charge on any atom is -0.481 e. The van der Waals surface area contributed by atoms with Gasteiger partial charge < -0.3 is 14.5 Å². The van der Waals surface area contributed by atoms with Gasteiger partial charge in [0.2, 0.25) is 17.7 Å². The van der Waals surface area contributed by atoms with Crippen molar-refractivity contribution in [2.24, 2.45) is 0 Å². The van der Waals surface area contributed by atoms with Crippen molar-refractivity contribution in [1.29, 1.82) is 0 Å². The first-order valence-corrected chi connectivity index (χ1v) is 7.87. The SMILES string of the molecule is COc1ccnc(N2CCN(C(=O)CCCn3cnnn3)CC2)n1. The second kappa shape index (κ2) is 7.66. The van der Waals surface area contributed by atoms with Crippen molar-refractivity contribution in [3.8, 4) is 5.88 Å². The maximum atomic E-state index is 12.3. The largest absolute Gasteiger partial charge is 0.481 e. The fourth-order valence-electron chi connectivity index (χ4n) is 2.59. The molecule has 1 amide bonds. The molecule has 0 unspecified atom stereocenters. The molecular weight excluding hydrogens is 312 g/mol. The van der Waals surface area contributed by atoms with Gasteiger partial charge in [-0.1, -0.05) is 0 Å². The molecule has 0 N–H and O–H groups in total. The number of anilines is 1. The summed E-state index contributed by atoms with van der Waals surface area (Å²) >= 11 is 0. The lowest BCUT2D eigenvalue weighted by Gasteiger charge is -2.34. The Balaban J connectivity index is 1.44. The molecule has 10 heteroatoms. The van der Waals surface area contributed by atoms with Crippen molar-refractivity contribution >= 4 is 11.9 Å². The highest BCUT2D eigenvalue weighted by Crippen LogP contribution is 2.15. The number of aryl methyl sites for hydroxylation is 1. The number of aromatic nitrogens is 6. The molecule has 1 fully saturated rings. The van der Waals surface area contributed by atoms with Gasteiger partial charge >= 0.3 is 0 Å². The summed E-state index contributed by atoms with van der Waals surface area (Å²) < 4.78 is 6.75. The van der Waals surface area contributed by atoms with E-state index < -0.39 is 0 Å². The van der Waals surface area contributed by atoms with Crippen LogP contribution in [0.2, 0.25) is 0 Å². The molecule has 0 spiro atoms. The molecule has 10 nitrogen and oxygen atoms in total. The number of carbonyl (C=O) groups excluding carboxylic acids is 1. The predicted octanol–water partition coefficient (Wildman–Crippen LogP) is -0.399. The second-order valence-corrected chi connectivity index (χ2v) is 5.44. The van der Waals surface area contributed by atoms with Gasteiger partial charge in [-0.15, -0.1) is 5.10 Å². The Morgan fingerprint density at radius 2 is 2.12 bits per heavy atom. The van der Waals surface area contributed by atoms with Gasteiger partial charge in [0.1, 0.15) is 6.33 Å². The van der Waals surface area contributed by atoms with Crippen LogP contribution in [0.4, 0.5) is 5.95 Å². The van der Waals surface area contributed by atoms with Gasteiger partial charge in [0.25, 0.3) is 0 Å². The van der Waals surface area contributed by atoms with Gasteiger partial charge in [0.05, 0.1) is 7.11 Å². The summed E-state index contributed by atoms with van der Waals surface area (Å²) in [6, 6.07) is 1.72. The van der Waals surface area contributed by atoms with E-state index in [1.165, 1.54) is 0 Å². The van der Waals surface area contributed by atoms with Crippen LogP contribution in [0.1, 0.15) is 12.8 Å². The average molecular weight is 332 g/mol. The van der Waals surface area contributed by atoms with Crippen molar-refractivity contribution in [2.75, 3.05) is 38.2 Å². The molecule has 0 atom stereocenters. The van der Waals surface area contributed by atoms with Crippen molar-refractivity contribution in [3.05, 3.63) is 18.6 Å². The third kappa shape index (κ3) is 3.94. The molecule has 1 aliphatic rings. The van der Waals surface area contributed by atoms with E-state index in [1.807, 2.05) is 4.90 Å². The van der Waals surface area contributed by atoms with E-state index in [4.69, 9.17) is 4.74 Å². The maximum Gasteiger partial charge on any atom is 0.228 e. The molecule has 1 aliphatic heterocycles. The molecule has 0 aliphatic carbocycles.